The van der Waals surface area contributed by atoms with Crippen molar-refractivity contribution in [2.75, 3.05) is 6.54 Å². The Hall–Kier alpha value is -2.66. The Labute approximate surface area is 139 Å². The van der Waals surface area contributed by atoms with Crippen molar-refractivity contribution in [3.8, 4) is 6.07 Å². The van der Waals surface area contributed by atoms with E-state index in [0.29, 0.717) is 36.7 Å². The summed E-state index contributed by atoms with van der Waals surface area (Å²) in [6.45, 7) is 1.65. The van der Waals surface area contributed by atoms with Crippen molar-refractivity contribution < 1.29 is 4.79 Å². The van der Waals surface area contributed by atoms with Gasteiger partial charge in [-0.05, 0) is 28.1 Å². The lowest BCUT2D eigenvalue weighted by Crippen LogP contribution is -2.38. The molecule has 0 radical (unpaired) electrons. The number of amides is 1. The van der Waals surface area contributed by atoms with Crippen LogP contribution in [0.15, 0.2) is 35.1 Å². The lowest BCUT2D eigenvalue weighted by atomic mass is 10.2. The molecule has 0 bridgehead atoms. The smallest absolute Gasteiger partial charge is 0.274 e. The predicted octanol–water partition coefficient (Wildman–Crippen LogP) is 1.82. The summed E-state index contributed by atoms with van der Waals surface area (Å²) in [5.74, 6) is -0.127. The molecule has 0 aromatic carbocycles. The summed E-state index contributed by atoms with van der Waals surface area (Å²) >= 11 is 3.33. The normalized spacial score (nSPS) is 13.8. The Kier molecular flexibility index (Phi) is 3.16. The molecule has 4 rings (SSSR count). The topological polar surface area (TPSA) is 79.2 Å². The number of aromatic nitrogens is 4. The third kappa shape index (κ3) is 2.29. The quantitative estimate of drug-likeness (QED) is 0.654. The Morgan fingerprint density at radius 1 is 1.35 bits per heavy atom. The standard InChI is InChI=1S/C15H11BrN6O/c16-10-7-18-14-5-13(19-22(14)8-10)15(23)20-3-4-21-11(6-17)1-2-12(21)9-20/h1-2,5,7-8H,3-4,9H2. The third-order valence-corrected chi connectivity index (χ3v) is 4.33. The number of carbonyl (C=O) groups excluding carboxylic acids is 1. The maximum atomic E-state index is 12.7. The number of nitriles is 1. The SMILES string of the molecule is N#Cc1ccc2n1CCN(C(=O)c1cc3ncc(Br)cn3n1)C2. The molecule has 0 aliphatic carbocycles. The van der Waals surface area contributed by atoms with Crippen LogP contribution in [0.3, 0.4) is 0 Å². The van der Waals surface area contributed by atoms with Gasteiger partial charge in [0.1, 0.15) is 11.8 Å². The number of hydrogen-bond donors (Lipinski definition) is 0. The number of nitrogens with zero attached hydrogens (tertiary/aromatic N) is 6. The average molecular weight is 371 g/mol. The fourth-order valence-corrected chi connectivity index (χ4v) is 3.09. The molecule has 0 saturated heterocycles. The van der Waals surface area contributed by atoms with Crippen LogP contribution in [0.4, 0.5) is 0 Å². The average Bonchev–Trinajstić information content (AvgIpc) is 3.16. The molecule has 114 valence electrons. The van der Waals surface area contributed by atoms with E-state index in [4.69, 9.17) is 5.26 Å². The Morgan fingerprint density at radius 2 is 2.22 bits per heavy atom. The van der Waals surface area contributed by atoms with Crippen molar-refractivity contribution in [1.82, 2.24) is 24.1 Å². The zero-order valence-corrected chi connectivity index (χ0v) is 13.6. The molecule has 3 aromatic rings. The first-order valence-corrected chi connectivity index (χ1v) is 7.84. The van der Waals surface area contributed by atoms with E-state index < -0.39 is 0 Å². The zero-order chi connectivity index (χ0) is 16.0. The lowest BCUT2D eigenvalue weighted by molar-refractivity contribution is 0.0704. The Morgan fingerprint density at radius 3 is 3.04 bits per heavy atom. The van der Waals surface area contributed by atoms with Crippen molar-refractivity contribution in [2.24, 2.45) is 0 Å². The number of halogens is 1. The summed E-state index contributed by atoms with van der Waals surface area (Å²) in [6.07, 6.45) is 3.43. The van der Waals surface area contributed by atoms with Crippen LogP contribution >= 0.6 is 15.9 Å². The number of fused-ring (bicyclic) bond motifs is 2. The summed E-state index contributed by atoms with van der Waals surface area (Å²) < 4.78 is 4.33. The van der Waals surface area contributed by atoms with Gasteiger partial charge in [-0.25, -0.2) is 9.50 Å². The minimum atomic E-state index is -0.127. The molecule has 1 aliphatic rings. The number of rotatable bonds is 1. The summed E-state index contributed by atoms with van der Waals surface area (Å²) in [7, 11) is 0. The van der Waals surface area contributed by atoms with Crippen molar-refractivity contribution in [1.29, 1.82) is 5.26 Å². The van der Waals surface area contributed by atoms with Crippen LogP contribution in [0, 0.1) is 11.3 Å². The molecule has 8 heteroatoms. The minimum absolute atomic E-state index is 0.127. The van der Waals surface area contributed by atoms with Crippen LogP contribution in [0.2, 0.25) is 0 Å². The van der Waals surface area contributed by atoms with Gasteiger partial charge < -0.3 is 9.47 Å². The number of carbonyl (C=O) groups is 1. The second-order valence-corrected chi connectivity index (χ2v) is 6.22. The van der Waals surface area contributed by atoms with Crippen molar-refractivity contribution in [3.63, 3.8) is 0 Å². The van der Waals surface area contributed by atoms with Crippen LogP contribution < -0.4 is 0 Å². The van der Waals surface area contributed by atoms with Crippen LogP contribution in [0.1, 0.15) is 21.9 Å². The number of hydrogen-bond acceptors (Lipinski definition) is 4. The van der Waals surface area contributed by atoms with Gasteiger partial charge in [0.15, 0.2) is 11.3 Å². The van der Waals surface area contributed by atoms with E-state index in [1.165, 1.54) is 0 Å². The maximum Gasteiger partial charge on any atom is 0.274 e. The second kappa shape index (κ2) is 5.21. The molecule has 23 heavy (non-hydrogen) atoms. The van der Waals surface area contributed by atoms with Gasteiger partial charge in [-0.3, -0.25) is 4.79 Å². The fourth-order valence-electron chi connectivity index (χ4n) is 2.80. The van der Waals surface area contributed by atoms with Crippen molar-refractivity contribution in [3.05, 3.63) is 52.1 Å². The molecule has 0 atom stereocenters. The van der Waals surface area contributed by atoms with E-state index in [0.717, 1.165) is 10.2 Å². The van der Waals surface area contributed by atoms with Gasteiger partial charge in [-0.1, -0.05) is 0 Å². The highest BCUT2D eigenvalue weighted by atomic mass is 79.9. The van der Waals surface area contributed by atoms with E-state index in [2.05, 4.69) is 32.1 Å². The summed E-state index contributed by atoms with van der Waals surface area (Å²) in [5.41, 5.74) is 2.60. The zero-order valence-electron chi connectivity index (χ0n) is 12.0. The van der Waals surface area contributed by atoms with Gasteiger partial charge in [0.05, 0.1) is 11.0 Å². The Bertz CT molecular complexity index is 966. The first-order valence-electron chi connectivity index (χ1n) is 7.04. The Balaban J connectivity index is 1.62. The molecular formula is C15H11BrN6O. The van der Waals surface area contributed by atoms with Crippen molar-refractivity contribution >= 4 is 27.5 Å². The van der Waals surface area contributed by atoms with E-state index in [1.807, 2.05) is 10.6 Å². The molecule has 1 aliphatic heterocycles. The third-order valence-electron chi connectivity index (χ3n) is 3.92. The van der Waals surface area contributed by atoms with E-state index in [1.54, 1.807) is 33.9 Å². The lowest BCUT2D eigenvalue weighted by Gasteiger charge is -2.28. The van der Waals surface area contributed by atoms with E-state index >= 15 is 0 Å². The van der Waals surface area contributed by atoms with Crippen molar-refractivity contribution in [2.45, 2.75) is 13.1 Å². The van der Waals surface area contributed by atoms with Gasteiger partial charge in [0, 0.05) is 37.2 Å². The molecule has 0 spiro atoms. The maximum absolute atomic E-state index is 12.7. The molecular weight excluding hydrogens is 360 g/mol. The molecule has 0 fully saturated rings. The summed E-state index contributed by atoms with van der Waals surface area (Å²) in [6, 6.07) is 7.53. The van der Waals surface area contributed by atoms with E-state index in [9.17, 15) is 4.79 Å². The van der Waals surface area contributed by atoms with E-state index in [-0.39, 0.29) is 5.91 Å². The van der Waals surface area contributed by atoms with Gasteiger partial charge in [0.2, 0.25) is 0 Å². The molecule has 4 heterocycles. The molecule has 1 amide bonds. The summed E-state index contributed by atoms with van der Waals surface area (Å²) in [4.78, 5) is 18.6. The van der Waals surface area contributed by atoms with Gasteiger partial charge >= 0.3 is 0 Å². The summed E-state index contributed by atoms with van der Waals surface area (Å²) in [5, 5.41) is 13.4. The highest BCUT2D eigenvalue weighted by Crippen LogP contribution is 2.19. The van der Waals surface area contributed by atoms with Gasteiger partial charge in [-0.2, -0.15) is 10.4 Å². The molecule has 7 nitrogen and oxygen atoms in total. The molecule has 0 N–H and O–H groups in total. The first-order chi connectivity index (χ1) is 11.2. The second-order valence-electron chi connectivity index (χ2n) is 5.30. The minimum Gasteiger partial charge on any atom is -0.333 e. The van der Waals surface area contributed by atoms with Crippen LogP contribution in [0.25, 0.3) is 5.65 Å². The highest BCUT2D eigenvalue weighted by Gasteiger charge is 2.25. The molecule has 0 saturated carbocycles. The van der Waals surface area contributed by atoms with Gasteiger partial charge in [0.25, 0.3) is 5.91 Å². The fraction of sp³-hybridized carbons (Fsp3) is 0.200. The van der Waals surface area contributed by atoms with Crippen LogP contribution in [-0.4, -0.2) is 36.5 Å². The highest BCUT2D eigenvalue weighted by molar-refractivity contribution is 9.10. The molecule has 3 aromatic heterocycles. The predicted molar refractivity (Wildman–Crippen MR) is 84.6 cm³/mol. The molecule has 0 unspecified atom stereocenters. The van der Waals surface area contributed by atoms with Crippen LogP contribution in [0.5, 0.6) is 0 Å². The largest absolute Gasteiger partial charge is 0.333 e. The monoisotopic (exact) mass is 370 g/mol. The first kappa shape index (κ1) is 14.0. The van der Waals surface area contributed by atoms with Crippen LogP contribution in [-0.2, 0) is 13.1 Å². The van der Waals surface area contributed by atoms with Gasteiger partial charge in [-0.15, -0.1) is 0 Å².